The number of nitrogens with one attached hydrogen (secondary N) is 1. The fourth-order valence-electron chi connectivity index (χ4n) is 0.730. The van der Waals surface area contributed by atoms with Crippen LogP contribution >= 0.6 is 12.4 Å². The molecule has 0 bridgehead atoms. The van der Waals surface area contributed by atoms with Gasteiger partial charge in [-0.3, -0.25) is 0 Å². The van der Waals surface area contributed by atoms with Gasteiger partial charge in [-0.1, -0.05) is 0 Å². The molecule has 0 aromatic heterocycles. The van der Waals surface area contributed by atoms with Crippen molar-refractivity contribution in [3.8, 4) is 0 Å². The summed E-state index contributed by atoms with van der Waals surface area (Å²) in [5.41, 5.74) is 1.10. The van der Waals surface area contributed by atoms with E-state index < -0.39 is 0 Å². The van der Waals surface area contributed by atoms with Gasteiger partial charge in [0.1, 0.15) is 11.5 Å². The molecule has 54 valence electrons. The first-order chi connectivity index (χ1) is 3.93. The fraction of sp³-hybridized carbons (Fsp3) is 0.800. The third kappa shape index (κ3) is 3.08. The van der Waals surface area contributed by atoms with Crippen molar-refractivity contribution in [2.75, 3.05) is 24.6 Å². The molecule has 1 saturated heterocycles. The van der Waals surface area contributed by atoms with Crippen LogP contribution < -0.4 is 5.32 Å². The number of carbonyl (C=O) groups excluding carboxylic acids is 1. The Kier molecular flexibility index (Phi) is 5.24. The molecule has 1 rings (SSSR count). The highest BCUT2D eigenvalue weighted by atomic mass is 35.5. The van der Waals surface area contributed by atoms with Crippen LogP contribution in [0.15, 0.2) is 0 Å². The minimum atomic E-state index is 0. The Morgan fingerprint density at radius 1 is 1.33 bits per heavy atom. The molecule has 1 heterocycles. The molecule has 0 aromatic carbocycles. The lowest BCUT2D eigenvalue weighted by molar-refractivity contribution is 0.569. The topological polar surface area (TPSA) is 29.1 Å². The minimum absolute atomic E-state index is 0. The maximum atomic E-state index is 10.1. The first kappa shape index (κ1) is 9.27. The van der Waals surface area contributed by atoms with Crippen molar-refractivity contribution in [3.63, 3.8) is 0 Å². The van der Waals surface area contributed by atoms with Crippen molar-refractivity contribution < 1.29 is 4.79 Å². The summed E-state index contributed by atoms with van der Waals surface area (Å²) in [6.07, 6.45) is 0. The summed E-state index contributed by atoms with van der Waals surface area (Å²) in [6.45, 7) is 2.06. The van der Waals surface area contributed by atoms with E-state index in [0.717, 1.165) is 30.2 Å². The molecule has 0 spiro atoms. The Labute approximate surface area is 64.1 Å². The maximum Gasteiger partial charge on any atom is 0.319 e. The third-order valence-corrected chi connectivity index (χ3v) is 2.95. The van der Waals surface area contributed by atoms with Gasteiger partial charge in [0.05, 0.1) is 10.9 Å². The Balaban J connectivity index is 0.000000640. The summed E-state index contributed by atoms with van der Waals surface area (Å²) in [7, 11) is 0.105. The van der Waals surface area contributed by atoms with Gasteiger partial charge in [-0.2, -0.15) is 0 Å². The lowest BCUT2D eigenvalue weighted by Gasteiger charge is -2.08. The zero-order valence-electron chi connectivity index (χ0n) is 5.13. The smallest absolute Gasteiger partial charge is 0.308 e. The predicted molar refractivity (Wildman–Crippen MR) is 44.0 cm³/mol. The zero-order valence-corrected chi connectivity index (χ0v) is 6.76. The van der Waals surface area contributed by atoms with E-state index in [-0.39, 0.29) is 23.3 Å². The van der Waals surface area contributed by atoms with Crippen molar-refractivity contribution in [1.29, 1.82) is 0 Å². The second-order valence-electron chi connectivity index (χ2n) is 1.79. The summed E-state index contributed by atoms with van der Waals surface area (Å²) in [6, 6.07) is 0. The van der Waals surface area contributed by atoms with E-state index in [0.29, 0.717) is 0 Å². The van der Waals surface area contributed by atoms with E-state index in [4.69, 9.17) is 0 Å². The predicted octanol–water partition coefficient (Wildman–Crippen LogP) is -0.180. The molecule has 0 unspecified atom stereocenters. The highest BCUT2D eigenvalue weighted by molar-refractivity contribution is 8.09. The molecule has 9 heavy (non-hydrogen) atoms. The molecular formula is C5H11ClNOS+. The molecule has 1 aliphatic rings. The van der Waals surface area contributed by atoms with Crippen LogP contribution in [0.1, 0.15) is 0 Å². The molecule has 1 fully saturated rings. The van der Waals surface area contributed by atoms with Gasteiger partial charge in [-0.25, -0.2) is 4.79 Å². The number of halogens is 1. The molecular weight excluding hydrogens is 158 g/mol. The second-order valence-corrected chi connectivity index (χ2v) is 3.88. The quantitative estimate of drug-likeness (QED) is 0.435. The molecule has 0 radical (unpaired) electrons. The summed E-state index contributed by atoms with van der Waals surface area (Å²) in [4.78, 5) is 10.1. The Hall–Kier alpha value is 0.270. The van der Waals surface area contributed by atoms with E-state index in [1.54, 1.807) is 0 Å². The van der Waals surface area contributed by atoms with Gasteiger partial charge < -0.3 is 5.32 Å². The SMILES string of the molecule is Cl.O=C[S+]1CCNCC1. The summed E-state index contributed by atoms with van der Waals surface area (Å²) in [5.74, 6) is 2.12. The van der Waals surface area contributed by atoms with Gasteiger partial charge in [0.15, 0.2) is 0 Å². The van der Waals surface area contributed by atoms with Gasteiger partial charge >= 0.3 is 5.62 Å². The van der Waals surface area contributed by atoms with Crippen LogP contribution in [0.25, 0.3) is 0 Å². The maximum absolute atomic E-state index is 10.1. The van der Waals surface area contributed by atoms with E-state index in [2.05, 4.69) is 5.32 Å². The van der Waals surface area contributed by atoms with Crippen LogP contribution in [-0.4, -0.2) is 30.2 Å². The normalized spacial score (nSPS) is 20.4. The Morgan fingerprint density at radius 2 is 1.89 bits per heavy atom. The van der Waals surface area contributed by atoms with E-state index in [1.165, 1.54) is 0 Å². The molecule has 0 atom stereocenters. The molecule has 0 aromatic rings. The lowest BCUT2D eigenvalue weighted by Crippen LogP contribution is -2.36. The fourth-order valence-corrected chi connectivity index (χ4v) is 1.94. The van der Waals surface area contributed by atoms with Crippen LogP contribution in [-0.2, 0) is 15.7 Å². The van der Waals surface area contributed by atoms with E-state index in [9.17, 15) is 4.79 Å². The number of hydrogen-bond donors (Lipinski definition) is 1. The van der Waals surface area contributed by atoms with Crippen molar-refractivity contribution in [1.82, 2.24) is 5.32 Å². The highest BCUT2D eigenvalue weighted by Gasteiger charge is 2.19. The third-order valence-electron chi connectivity index (χ3n) is 1.22. The molecule has 4 heteroatoms. The lowest BCUT2D eigenvalue weighted by atomic mass is 10.6. The molecule has 2 nitrogen and oxygen atoms in total. The highest BCUT2D eigenvalue weighted by Crippen LogP contribution is 1.93. The summed E-state index contributed by atoms with van der Waals surface area (Å²) >= 11 is 0. The van der Waals surface area contributed by atoms with Gasteiger partial charge in [-0.15, -0.1) is 12.4 Å². The average molecular weight is 169 g/mol. The molecule has 1 N–H and O–H groups in total. The minimum Gasteiger partial charge on any atom is -0.308 e. The summed E-state index contributed by atoms with van der Waals surface area (Å²) < 4.78 is 0. The van der Waals surface area contributed by atoms with Gasteiger partial charge in [0.2, 0.25) is 0 Å². The van der Waals surface area contributed by atoms with Crippen LogP contribution in [0.4, 0.5) is 0 Å². The first-order valence-corrected chi connectivity index (χ1v) is 4.38. The van der Waals surface area contributed by atoms with Crippen LogP contribution in [0, 0.1) is 0 Å². The molecule has 0 saturated carbocycles. The van der Waals surface area contributed by atoms with Crippen molar-refractivity contribution in [2.45, 2.75) is 0 Å². The standard InChI is InChI=1S/C5H10NOS.ClH/c7-5-8-3-1-6-2-4-8;/h5-6H,1-4H2;1H/q+1;. The van der Waals surface area contributed by atoms with E-state index >= 15 is 0 Å². The largest absolute Gasteiger partial charge is 0.319 e. The van der Waals surface area contributed by atoms with Crippen LogP contribution in [0.5, 0.6) is 0 Å². The number of rotatable bonds is 1. The molecule has 1 aliphatic heterocycles. The van der Waals surface area contributed by atoms with Crippen LogP contribution in [0.3, 0.4) is 0 Å². The molecule has 0 aliphatic carbocycles. The van der Waals surface area contributed by atoms with Gasteiger partial charge in [0, 0.05) is 13.1 Å². The van der Waals surface area contributed by atoms with Crippen LogP contribution in [0.2, 0.25) is 0 Å². The van der Waals surface area contributed by atoms with Gasteiger partial charge in [0.25, 0.3) is 0 Å². The van der Waals surface area contributed by atoms with Crippen molar-refractivity contribution in [3.05, 3.63) is 0 Å². The number of hydrogen-bond acceptors (Lipinski definition) is 2. The zero-order chi connectivity index (χ0) is 5.82. The summed E-state index contributed by atoms with van der Waals surface area (Å²) in [5, 5.41) is 3.20. The Morgan fingerprint density at radius 3 is 2.22 bits per heavy atom. The van der Waals surface area contributed by atoms with Gasteiger partial charge in [-0.05, 0) is 0 Å². The van der Waals surface area contributed by atoms with Crippen molar-refractivity contribution in [2.24, 2.45) is 0 Å². The Bertz CT molecular complexity index is 85.0. The second kappa shape index (κ2) is 5.09. The van der Waals surface area contributed by atoms with E-state index in [1.807, 2.05) is 0 Å². The average Bonchev–Trinajstić information content (AvgIpc) is 1.90. The monoisotopic (exact) mass is 168 g/mol. The first-order valence-electron chi connectivity index (χ1n) is 2.76. The van der Waals surface area contributed by atoms with Crippen molar-refractivity contribution >= 4 is 28.9 Å². The molecule has 0 amide bonds. The number of carbonyl (C=O) groups is 1.